The van der Waals surface area contributed by atoms with E-state index in [1.807, 2.05) is 59.5 Å². The van der Waals surface area contributed by atoms with Crippen LogP contribution in [0.1, 0.15) is 25.3 Å². The molecule has 0 radical (unpaired) electrons. The Morgan fingerprint density at radius 2 is 1.62 bits per heavy atom. The maximum absolute atomic E-state index is 13.3. The van der Waals surface area contributed by atoms with Crippen molar-refractivity contribution in [2.24, 2.45) is 0 Å². The number of likely N-dealkylation sites (tertiary alicyclic amines) is 1. The second kappa shape index (κ2) is 7.60. The van der Waals surface area contributed by atoms with Crippen LogP contribution in [0.4, 0.5) is 5.69 Å². The quantitative estimate of drug-likeness (QED) is 0.919. The van der Waals surface area contributed by atoms with E-state index in [1.165, 1.54) is 0 Å². The topological polar surface area (TPSA) is 58.6 Å². The summed E-state index contributed by atoms with van der Waals surface area (Å²) in [6.07, 6.45) is 1.22. The third kappa shape index (κ3) is 3.57. The zero-order valence-corrected chi connectivity index (χ0v) is 15.2. The second-order valence-electron chi connectivity index (χ2n) is 6.64. The molecule has 1 heterocycles. The highest BCUT2D eigenvalue weighted by molar-refractivity contribution is 5.99. The van der Waals surface area contributed by atoms with E-state index >= 15 is 0 Å². The average molecular weight is 352 g/mol. The van der Waals surface area contributed by atoms with Crippen LogP contribution in [0.15, 0.2) is 54.6 Å². The van der Waals surface area contributed by atoms with E-state index in [2.05, 4.69) is 5.32 Å². The van der Waals surface area contributed by atoms with Gasteiger partial charge in [-0.1, -0.05) is 30.3 Å². The van der Waals surface area contributed by atoms with Gasteiger partial charge in [0.15, 0.2) is 0 Å². The molecule has 1 aliphatic heterocycles. The standard InChI is InChI=1S/C21H24N2O3/c1-16(24)23-14-12-21(13-15-23,17-6-4-3-5-7-17)20(25)22-18-8-10-19(26-2)11-9-18/h3-11H,12-15H2,1-2H3,(H,22,25). The number of carbonyl (C=O) groups excluding carboxylic acids is 2. The van der Waals surface area contributed by atoms with Crippen LogP contribution in [0.2, 0.25) is 0 Å². The zero-order chi connectivity index (χ0) is 18.6. The van der Waals surface area contributed by atoms with Gasteiger partial charge < -0.3 is 15.0 Å². The number of ether oxygens (including phenoxy) is 1. The van der Waals surface area contributed by atoms with Crippen LogP contribution in [-0.2, 0) is 15.0 Å². The first-order valence-corrected chi connectivity index (χ1v) is 8.82. The highest BCUT2D eigenvalue weighted by Crippen LogP contribution is 2.37. The van der Waals surface area contributed by atoms with Gasteiger partial charge in [0.25, 0.3) is 0 Å². The summed E-state index contributed by atoms with van der Waals surface area (Å²) in [6.45, 7) is 2.74. The summed E-state index contributed by atoms with van der Waals surface area (Å²) in [5, 5.41) is 3.05. The number of amides is 2. The number of nitrogens with zero attached hydrogens (tertiary/aromatic N) is 1. The normalized spacial score (nSPS) is 16.0. The first-order valence-electron chi connectivity index (χ1n) is 8.82. The van der Waals surface area contributed by atoms with Gasteiger partial charge in [-0.2, -0.15) is 0 Å². The molecule has 0 aliphatic carbocycles. The smallest absolute Gasteiger partial charge is 0.235 e. The Bertz CT molecular complexity index is 764. The van der Waals surface area contributed by atoms with E-state index in [0.29, 0.717) is 25.9 Å². The highest BCUT2D eigenvalue weighted by Gasteiger charge is 2.43. The van der Waals surface area contributed by atoms with Gasteiger partial charge in [0.05, 0.1) is 12.5 Å². The first kappa shape index (κ1) is 18.0. The number of methoxy groups -OCH3 is 1. The summed E-state index contributed by atoms with van der Waals surface area (Å²) in [4.78, 5) is 26.8. The lowest BCUT2D eigenvalue weighted by molar-refractivity contribution is -0.133. The fraction of sp³-hybridized carbons (Fsp3) is 0.333. The van der Waals surface area contributed by atoms with Crippen molar-refractivity contribution in [2.45, 2.75) is 25.2 Å². The number of carbonyl (C=O) groups is 2. The molecule has 1 fully saturated rings. The predicted octanol–water partition coefficient (Wildman–Crippen LogP) is 3.21. The van der Waals surface area contributed by atoms with Gasteiger partial charge >= 0.3 is 0 Å². The number of anilines is 1. The molecule has 2 amide bonds. The summed E-state index contributed by atoms with van der Waals surface area (Å²) in [7, 11) is 1.61. The van der Waals surface area contributed by atoms with E-state index in [0.717, 1.165) is 17.0 Å². The predicted molar refractivity (Wildman–Crippen MR) is 101 cm³/mol. The lowest BCUT2D eigenvalue weighted by Crippen LogP contribution is -2.50. The minimum Gasteiger partial charge on any atom is -0.497 e. The van der Waals surface area contributed by atoms with Crippen LogP contribution in [-0.4, -0.2) is 36.9 Å². The summed E-state index contributed by atoms with van der Waals surface area (Å²) < 4.78 is 5.16. The molecule has 0 aromatic heterocycles. The molecule has 0 saturated carbocycles. The third-order valence-electron chi connectivity index (χ3n) is 5.17. The Labute approximate surface area is 154 Å². The molecule has 0 spiro atoms. The molecule has 26 heavy (non-hydrogen) atoms. The van der Waals surface area contributed by atoms with Crippen molar-refractivity contribution in [1.29, 1.82) is 0 Å². The van der Waals surface area contributed by atoms with Gasteiger partial charge in [0, 0.05) is 25.7 Å². The molecule has 5 heteroatoms. The maximum Gasteiger partial charge on any atom is 0.235 e. The lowest BCUT2D eigenvalue weighted by Gasteiger charge is -2.40. The summed E-state index contributed by atoms with van der Waals surface area (Å²) in [5.41, 5.74) is 1.10. The molecular formula is C21H24N2O3. The van der Waals surface area contributed by atoms with Crippen LogP contribution in [0.5, 0.6) is 5.75 Å². The molecule has 2 aromatic carbocycles. The molecule has 1 N–H and O–H groups in total. The largest absolute Gasteiger partial charge is 0.497 e. The van der Waals surface area contributed by atoms with Gasteiger partial charge in [-0.3, -0.25) is 9.59 Å². The number of rotatable bonds is 4. The van der Waals surface area contributed by atoms with Crippen molar-refractivity contribution < 1.29 is 14.3 Å². The van der Waals surface area contributed by atoms with Crippen molar-refractivity contribution in [3.05, 3.63) is 60.2 Å². The Morgan fingerprint density at radius 1 is 1.00 bits per heavy atom. The number of nitrogens with one attached hydrogen (secondary N) is 1. The molecule has 136 valence electrons. The Balaban J connectivity index is 1.86. The van der Waals surface area contributed by atoms with E-state index in [-0.39, 0.29) is 11.8 Å². The molecule has 5 nitrogen and oxygen atoms in total. The van der Waals surface area contributed by atoms with Crippen LogP contribution < -0.4 is 10.1 Å². The minimum absolute atomic E-state index is 0.0305. The molecule has 2 aromatic rings. The first-order chi connectivity index (χ1) is 12.5. The average Bonchev–Trinajstić information content (AvgIpc) is 2.69. The molecule has 0 atom stereocenters. The third-order valence-corrected chi connectivity index (χ3v) is 5.17. The number of benzene rings is 2. The number of hydrogen-bond acceptors (Lipinski definition) is 3. The SMILES string of the molecule is COc1ccc(NC(=O)C2(c3ccccc3)CCN(C(C)=O)CC2)cc1. The fourth-order valence-electron chi connectivity index (χ4n) is 3.53. The lowest BCUT2D eigenvalue weighted by atomic mass is 9.72. The molecule has 0 unspecified atom stereocenters. The number of piperidine rings is 1. The molecular weight excluding hydrogens is 328 g/mol. The van der Waals surface area contributed by atoms with Crippen LogP contribution in [0.25, 0.3) is 0 Å². The van der Waals surface area contributed by atoms with Crippen molar-refractivity contribution in [3.63, 3.8) is 0 Å². The maximum atomic E-state index is 13.3. The zero-order valence-electron chi connectivity index (χ0n) is 15.2. The second-order valence-corrected chi connectivity index (χ2v) is 6.64. The Morgan fingerprint density at radius 3 is 2.15 bits per heavy atom. The molecule has 1 aliphatic rings. The van der Waals surface area contributed by atoms with Gasteiger partial charge in [-0.05, 0) is 42.7 Å². The molecule has 1 saturated heterocycles. The summed E-state index contributed by atoms with van der Waals surface area (Å²) in [6, 6.07) is 17.2. The minimum atomic E-state index is -0.632. The Kier molecular flexibility index (Phi) is 5.26. The summed E-state index contributed by atoms with van der Waals surface area (Å²) in [5.74, 6) is 0.773. The van der Waals surface area contributed by atoms with Crippen molar-refractivity contribution in [1.82, 2.24) is 4.90 Å². The highest BCUT2D eigenvalue weighted by atomic mass is 16.5. The Hall–Kier alpha value is -2.82. The van der Waals surface area contributed by atoms with Gasteiger partial charge in [-0.15, -0.1) is 0 Å². The number of hydrogen-bond donors (Lipinski definition) is 1. The van der Waals surface area contributed by atoms with E-state index < -0.39 is 5.41 Å². The van der Waals surface area contributed by atoms with Gasteiger partial charge in [0.2, 0.25) is 11.8 Å². The van der Waals surface area contributed by atoms with Crippen LogP contribution in [0.3, 0.4) is 0 Å². The fourth-order valence-corrected chi connectivity index (χ4v) is 3.53. The van der Waals surface area contributed by atoms with Crippen molar-refractivity contribution in [2.75, 3.05) is 25.5 Å². The summed E-state index contributed by atoms with van der Waals surface area (Å²) >= 11 is 0. The molecule has 3 rings (SSSR count). The van der Waals surface area contributed by atoms with E-state index in [9.17, 15) is 9.59 Å². The van der Waals surface area contributed by atoms with E-state index in [4.69, 9.17) is 4.74 Å². The van der Waals surface area contributed by atoms with Crippen LogP contribution >= 0.6 is 0 Å². The van der Waals surface area contributed by atoms with Crippen molar-refractivity contribution >= 4 is 17.5 Å². The molecule has 0 bridgehead atoms. The van der Waals surface area contributed by atoms with Crippen molar-refractivity contribution in [3.8, 4) is 5.75 Å². The van der Waals surface area contributed by atoms with Crippen LogP contribution in [0, 0.1) is 0 Å². The van der Waals surface area contributed by atoms with Gasteiger partial charge in [0.1, 0.15) is 5.75 Å². The van der Waals surface area contributed by atoms with Gasteiger partial charge in [-0.25, -0.2) is 0 Å². The monoisotopic (exact) mass is 352 g/mol. The van der Waals surface area contributed by atoms with E-state index in [1.54, 1.807) is 14.0 Å².